The van der Waals surface area contributed by atoms with Gasteiger partial charge in [-0.1, -0.05) is 97.1 Å². The number of carbonyl (C=O) groups is 3. The molecule has 2 amide bonds. The molecule has 41 heavy (non-hydrogen) atoms. The van der Waals surface area contributed by atoms with Gasteiger partial charge < -0.3 is 19.7 Å². The lowest BCUT2D eigenvalue weighted by Gasteiger charge is -2.30. The van der Waals surface area contributed by atoms with Crippen molar-refractivity contribution >= 4 is 17.6 Å². The second kappa shape index (κ2) is 11.3. The molecule has 2 aliphatic rings. The Hall–Kier alpha value is -4.91. The Kier molecular flexibility index (Phi) is 7.25. The minimum atomic E-state index is -0.910. The molecule has 6 rings (SSSR count). The van der Waals surface area contributed by atoms with Crippen molar-refractivity contribution in [2.45, 2.75) is 31.5 Å². The van der Waals surface area contributed by atoms with Crippen molar-refractivity contribution in [3.63, 3.8) is 0 Å². The lowest BCUT2D eigenvalue weighted by atomic mass is 9.76. The van der Waals surface area contributed by atoms with Crippen molar-refractivity contribution in [3.05, 3.63) is 131 Å². The van der Waals surface area contributed by atoms with Crippen molar-refractivity contribution in [1.82, 2.24) is 10.2 Å². The predicted octanol–water partition coefficient (Wildman–Crippen LogP) is 5.29. The fraction of sp³-hybridized carbons (Fsp3) is 0.206. The quantitative estimate of drug-likeness (QED) is 0.319. The van der Waals surface area contributed by atoms with E-state index in [1.54, 1.807) is 17.0 Å². The zero-order chi connectivity index (χ0) is 28.3. The second-order valence-corrected chi connectivity index (χ2v) is 10.3. The Bertz CT molecular complexity index is 1560. The largest absolute Gasteiger partial charge is 0.454 e. The molecular weight excluding hydrogens is 516 g/mol. The molecule has 2 heterocycles. The summed E-state index contributed by atoms with van der Waals surface area (Å²) < 4.78 is 10.9. The van der Waals surface area contributed by atoms with E-state index >= 15 is 0 Å². The molecular formula is C34H30N2O5. The highest BCUT2D eigenvalue weighted by molar-refractivity contribution is 6.01. The van der Waals surface area contributed by atoms with E-state index in [1.165, 1.54) is 6.92 Å². The normalized spacial score (nSPS) is 21.0. The van der Waals surface area contributed by atoms with Crippen LogP contribution in [0.15, 0.2) is 109 Å². The number of likely N-dealkylation sites (tertiary alicyclic amines) is 1. The Balaban J connectivity index is 1.43. The number of benzene rings is 4. The maximum atomic E-state index is 14.3. The lowest BCUT2D eigenvalue weighted by molar-refractivity contribution is -0.139. The van der Waals surface area contributed by atoms with Crippen LogP contribution in [-0.2, 0) is 16.1 Å². The van der Waals surface area contributed by atoms with Crippen LogP contribution in [0.5, 0.6) is 11.5 Å². The van der Waals surface area contributed by atoms with Crippen LogP contribution in [0.1, 0.15) is 45.9 Å². The number of amides is 2. The van der Waals surface area contributed by atoms with Gasteiger partial charge in [0.15, 0.2) is 17.3 Å². The van der Waals surface area contributed by atoms with Gasteiger partial charge >= 0.3 is 0 Å². The van der Waals surface area contributed by atoms with Crippen LogP contribution in [-0.4, -0.2) is 35.3 Å². The molecule has 4 unspecified atom stereocenters. The summed E-state index contributed by atoms with van der Waals surface area (Å²) in [5.74, 6) is -0.672. The van der Waals surface area contributed by atoms with Crippen LogP contribution in [0.2, 0.25) is 0 Å². The van der Waals surface area contributed by atoms with Gasteiger partial charge in [0.25, 0.3) is 0 Å². The van der Waals surface area contributed by atoms with E-state index in [1.807, 2.05) is 97.1 Å². The number of ether oxygens (including phenoxy) is 2. The molecule has 0 aromatic heterocycles. The van der Waals surface area contributed by atoms with Crippen molar-refractivity contribution in [2.24, 2.45) is 5.92 Å². The summed E-state index contributed by atoms with van der Waals surface area (Å²) in [7, 11) is 0. The summed E-state index contributed by atoms with van der Waals surface area (Å²) in [6.07, 6.45) is 0. The van der Waals surface area contributed by atoms with Crippen LogP contribution in [0.4, 0.5) is 0 Å². The van der Waals surface area contributed by atoms with Crippen molar-refractivity contribution in [1.29, 1.82) is 0 Å². The van der Waals surface area contributed by atoms with Crippen LogP contribution in [0.3, 0.4) is 0 Å². The molecule has 4 atom stereocenters. The summed E-state index contributed by atoms with van der Waals surface area (Å²) in [4.78, 5) is 43.5. The minimum absolute atomic E-state index is 0.106. The van der Waals surface area contributed by atoms with Crippen molar-refractivity contribution < 1.29 is 23.9 Å². The van der Waals surface area contributed by atoms with Gasteiger partial charge in [0.2, 0.25) is 18.6 Å². The number of nitrogens with zero attached hydrogens (tertiary/aromatic N) is 1. The Morgan fingerprint density at radius 2 is 1.39 bits per heavy atom. The van der Waals surface area contributed by atoms with E-state index in [0.29, 0.717) is 17.1 Å². The maximum absolute atomic E-state index is 14.3. The molecule has 0 bridgehead atoms. The van der Waals surface area contributed by atoms with Crippen LogP contribution in [0, 0.1) is 5.92 Å². The third kappa shape index (κ3) is 5.07. The molecule has 1 fully saturated rings. The summed E-state index contributed by atoms with van der Waals surface area (Å²) in [5, 5.41) is 3.05. The number of fused-ring (bicyclic) bond motifs is 1. The van der Waals surface area contributed by atoms with Crippen LogP contribution < -0.4 is 14.8 Å². The first-order valence-electron chi connectivity index (χ1n) is 13.7. The summed E-state index contributed by atoms with van der Waals surface area (Å²) >= 11 is 0. The summed E-state index contributed by atoms with van der Waals surface area (Å²) in [5.41, 5.74) is 3.02. The molecule has 7 nitrogen and oxygen atoms in total. The first-order valence-corrected chi connectivity index (χ1v) is 13.7. The molecule has 0 radical (unpaired) electrons. The average Bonchev–Trinajstić information content (AvgIpc) is 3.63. The van der Waals surface area contributed by atoms with E-state index in [4.69, 9.17) is 9.47 Å². The highest BCUT2D eigenvalue weighted by Gasteiger charge is 2.56. The maximum Gasteiger partial charge on any atom is 0.243 e. The van der Waals surface area contributed by atoms with Crippen molar-refractivity contribution in [2.75, 3.05) is 6.79 Å². The standard InChI is InChI=1S/C34H30N2O5/c1-22(37)36-31(25-13-7-3-8-14-25)30(33(38)26-15-9-4-10-16-26)29(24-11-5-2-6-12-24)32(36)34(39)35-20-23-17-18-27-28(19-23)41-21-40-27/h2-19,29-32H,20-21H2,1H3,(H,35,39). The van der Waals surface area contributed by atoms with E-state index in [2.05, 4.69) is 5.32 Å². The van der Waals surface area contributed by atoms with Crippen LogP contribution in [0.25, 0.3) is 0 Å². The fourth-order valence-corrected chi connectivity index (χ4v) is 6.12. The molecule has 7 heteroatoms. The molecule has 206 valence electrons. The number of nitrogens with one attached hydrogen (secondary N) is 1. The highest BCUT2D eigenvalue weighted by atomic mass is 16.7. The Labute approximate surface area is 238 Å². The molecule has 0 aliphatic carbocycles. The molecule has 4 aromatic rings. The number of carbonyl (C=O) groups excluding carboxylic acids is 3. The fourth-order valence-electron chi connectivity index (χ4n) is 6.12. The number of hydrogen-bond donors (Lipinski definition) is 1. The van der Waals surface area contributed by atoms with E-state index in [-0.39, 0.29) is 30.9 Å². The van der Waals surface area contributed by atoms with E-state index in [0.717, 1.165) is 16.7 Å². The first-order chi connectivity index (χ1) is 20.0. The van der Waals surface area contributed by atoms with E-state index in [9.17, 15) is 14.4 Å². The van der Waals surface area contributed by atoms with Gasteiger partial charge in [-0.05, 0) is 28.8 Å². The average molecular weight is 547 g/mol. The zero-order valence-corrected chi connectivity index (χ0v) is 22.6. The Morgan fingerprint density at radius 1 is 0.780 bits per heavy atom. The van der Waals surface area contributed by atoms with Crippen molar-refractivity contribution in [3.8, 4) is 11.5 Å². The SMILES string of the molecule is CC(=O)N1C(C(=O)NCc2ccc3c(c2)OCO3)C(c2ccccc2)C(C(=O)c2ccccc2)C1c1ccccc1. The molecule has 2 aliphatic heterocycles. The third-order valence-corrected chi connectivity index (χ3v) is 7.89. The monoisotopic (exact) mass is 546 g/mol. The smallest absolute Gasteiger partial charge is 0.243 e. The van der Waals surface area contributed by atoms with Crippen LogP contribution >= 0.6 is 0 Å². The van der Waals surface area contributed by atoms with E-state index < -0.39 is 23.9 Å². The zero-order valence-electron chi connectivity index (χ0n) is 22.6. The Morgan fingerprint density at radius 3 is 2.05 bits per heavy atom. The number of rotatable bonds is 7. The van der Waals surface area contributed by atoms with Gasteiger partial charge in [-0.25, -0.2) is 0 Å². The third-order valence-electron chi connectivity index (χ3n) is 7.89. The van der Waals surface area contributed by atoms with Gasteiger partial charge in [-0.2, -0.15) is 0 Å². The lowest BCUT2D eigenvalue weighted by Crippen LogP contribution is -2.47. The molecule has 0 spiro atoms. The van der Waals surface area contributed by atoms with Gasteiger partial charge in [0, 0.05) is 24.9 Å². The number of ketones is 1. The predicted molar refractivity (Wildman–Crippen MR) is 153 cm³/mol. The molecule has 1 saturated heterocycles. The second-order valence-electron chi connectivity index (χ2n) is 10.3. The van der Waals surface area contributed by atoms with Gasteiger partial charge in [-0.15, -0.1) is 0 Å². The molecule has 0 saturated carbocycles. The van der Waals surface area contributed by atoms with Gasteiger partial charge in [-0.3, -0.25) is 14.4 Å². The summed E-state index contributed by atoms with van der Waals surface area (Å²) in [6, 6.07) is 32.2. The highest BCUT2D eigenvalue weighted by Crippen LogP contribution is 2.51. The molecule has 4 aromatic carbocycles. The minimum Gasteiger partial charge on any atom is -0.454 e. The first kappa shape index (κ1) is 26.3. The topological polar surface area (TPSA) is 84.9 Å². The number of Topliss-reactive ketones (excluding diaryl/α,β-unsaturated/α-hetero) is 1. The summed E-state index contributed by atoms with van der Waals surface area (Å²) in [6.45, 7) is 1.86. The molecule has 1 N–H and O–H groups in total. The van der Waals surface area contributed by atoms with Gasteiger partial charge in [0.1, 0.15) is 6.04 Å². The number of hydrogen-bond acceptors (Lipinski definition) is 5. The van der Waals surface area contributed by atoms with Gasteiger partial charge in [0.05, 0.1) is 12.0 Å².